The number of anilines is 1. The molecule has 1 saturated carbocycles. The maximum Gasteiger partial charge on any atom is 0.250 e. The number of benzene rings is 2. The van der Waals surface area contributed by atoms with Crippen LogP contribution in [-0.4, -0.2) is 34.7 Å². The normalized spacial score (nSPS) is 32.1. The van der Waals surface area contributed by atoms with E-state index in [9.17, 15) is 14.4 Å². The highest BCUT2D eigenvalue weighted by Crippen LogP contribution is 2.54. The van der Waals surface area contributed by atoms with Gasteiger partial charge in [0.1, 0.15) is 5.54 Å². The van der Waals surface area contributed by atoms with Gasteiger partial charge in [-0.1, -0.05) is 61.4 Å². The van der Waals surface area contributed by atoms with Crippen LogP contribution in [0.2, 0.25) is 0 Å². The number of carbonyl (C=O) groups is 3. The second-order valence-electron chi connectivity index (χ2n) is 9.24. The summed E-state index contributed by atoms with van der Waals surface area (Å²) < 4.78 is 0. The first-order chi connectivity index (χ1) is 15.1. The predicted octanol–water partition coefficient (Wildman–Crippen LogP) is 2.59. The van der Waals surface area contributed by atoms with Crippen LogP contribution < -0.4 is 10.6 Å². The molecule has 2 saturated heterocycles. The molecule has 0 radical (unpaired) electrons. The molecule has 3 heterocycles. The monoisotopic (exact) mass is 415 g/mol. The largest absolute Gasteiger partial charge is 0.324 e. The highest BCUT2D eigenvalue weighted by molar-refractivity contribution is 6.15. The van der Waals surface area contributed by atoms with E-state index in [1.807, 2.05) is 54.6 Å². The molecule has 4 aliphatic rings. The van der Waals surface area contributed by atoms with Gasteiger partial charge in [0.15, 0.2) is 0 Å². The van der Waals surface area contributed by atoms with Crippen LogP contribution in [0.3, 0.4) is 0 Å². The van der Waals surface area contributed by atoms with Crippen molar-refractivity contribution in [3.8, 4) is 0 Å². The lowest BCUT2D eigenvalue weighted by Crippen LogP contribution is -2.54. The molecule has 3 fully saturated rings. The average molecular weight is 415 g/mol. The fourth-order valence-corrected chi connectivity index (χ4v) is 6.35. The number of hydrogen-bond acceptors (Lipinski definition) is 4. The molecule has 3 amide bonds. The summed E-state index contributed by atoms with van der Waals surface area (Å²) in [6.45, 7) is 0. The molecule has 6 heteroatoms. The third-order valence-electron chi connectivity index (χ3n) is 7.64. The Balaban J connectivity index is 1.47. The molecule has 6 nitrogen and oxygen atoms in total. The van der Waals surface area contributed by atoms with Gasteiger partial charge in [0.25, 0.3) is 0 Å². The SMILES string of the molecule is O=C1[C@H]2[C@@H](C(=O)N1C1CCCC1)[C@]1(N[C@@H]2Cc2ccccc2)C(=O)Nc2ccccc21. The van der Waals surface area contributed by atoms with E-state index in [0.29, 0.717) is 6.42 Å². The second kappa shape index (κ2) is 6.76. The van der Waals surface area contributed by atoms with Gasteiger partial charge in [-0.2, -0.15) is 0 Å². The molecule has 31 heavy (non-hydrogen) atoms. The summed E-state index contributed by atoms with van der Waals surface area (Å²) in [7, 11) is 0. The smallest absolute Gasteiger partial charge is 0.250 e. The van der Waals surface area contributed by atoms with Crippen molar-refractivity contribution in [3.63, 3.8) is 0 Å². The van der Waals surface area contributed by atoms with E-state index in [2.05, 4.69) is 10.6 Å². The molecule has 0 aromatic heterocycles. The van der Waals surface area contributed by atoms with Gasteiger partial charge in [-0.3, -0.25) is 24.6 Å². The van der Waals surface area contributed by atoms with Gasteiger partial charge in [0, 0.05) is 23.3 Å². The minimum absolute atomic E-state index is 0.0280. The first-order valence-electron chi connectivity index (χ1n) is 11.2. The number of rotatable bonds is 3. The van der Waals surface area contributed by atoms with E-state index in [4.69, 9.17) is 0 Å². The van der Waals surface area contributed by atoms with Gasteiger partial charge >= 0.3 is 0 Å². The minimum Gasteiger partial charge on any atom is -0.324 e. The van der Waals surface area contributed by atoms with Gasteiger partial charge in [-0.15, -0.1) is 0 Å². The van der Waals surface area contributed by atoms with Gasteiger partial charge in [0.2, 0.25) is 17.7 Å². The van der Waals surface area contributed by atoms with Crippen molar-refractivity contribution in [2.45, 2.75) is 49.7 Å². The molecule has 0 unspecified atom stereocenters. The maximum atomic E-state index is 13.8. The fourth-order valence-electron chi connectivity index (χ4n) is 6.35. The van der Waals surface area contributed by atoms with Crippen LogP contribution in [0.5, 0.6) is 0 Å². The molecule has 0 bridgehead atoms. The van der Waals surface area contributed by atoms with Gasteiger partial charge in [-0.25, -0.2) is 0 Å². The van der Waals surface area contributed by atoms with Crippen LogP contribution in [0.4, 0.5) is 5.69 Å². The van der Waals surface area contributed by atoms with E-state index in [0.717, 1.165) is 42.5 Å². The van der Waals surface area contributed by atoms with Crippen molar-refractivity contribution in [2.75, 3.05) is 5.32 Å². The lowest BCUT2D eigenvalue weighted by Gasteiger charge is -2.31. The second-order valence-corrected chi connectivity index (χ2v) is 9.24. The molecule has 158 valence electrons. The lowest BCUT2D eigenvalue weighted by molar-refractivity contribution is -0.145. The molecular formula is C25H25N3O3. The first-order valence-corrected chi connectivity index (χ1v) is 11.2. The number of fused-ring (bicyclic) bond motifs is 4. The Morgan fingerprint density at radius 2 is 1.61 bits per heavy atom. The van der Waals surface area contributed by atoms with Crippen molar-refractivity contribution in [1.29, 1.82) is 0 Å². The number of nitrogens with zero attached hydrogens (tertiary/aromatic N) is 1. The van der Waals surface area contributed by atoms with Crippen LogP contribution in [0, 0.1) is 11.8 Å². The third kappa shape index (κ3) is 2.51. The molecule has 2 aromatic rings. The summed E-state index contributed by atoms with van der Waals surface area (Å²) >= 11 is 0. The summed E-state index contributed by atoms with van der Waals surface area (Å²) in [5.74, 6) is -1.77. The standard InChI is InChI=1S/C25H25N3O3/c29-22-20-19(14-15-8-2-1-3-9-15)27-25(17-12-6-7-13-18(17)26-24(25)31)21(20)23(30)28(22)16-10-4-5-11-16/h1-3,6-9,12-13,16,19-21,27H,4-5,10-11,14H2,(H,26,31)/t19-,20-,21+,25+/m1/s1. The van der Waals surface area contributed by atoms with Crippen molar-refractivity contribution in [3.05, 3.63) is 65.7 Å². The van der Waals surface area contributed by atoms with Crippen molar-refractivity contribution in [1.82, 2.24) is 10.2 Å². The number of amides is 3. The molecular weight excluding hydrogens is 390 g/mol. The Kier molecular flexibility index (Phi) is 4.09. The number of imide groups is 1. The lowest BCUT2D eigenvalue weighted by atomic mass is 9.76. The third-order valence-corrected chi connectivity index (χ3v) is 7.64. The fraction of sp³-hybridized carbons (Fsp3) is 0.400. The quantitative estimate of drug-likeness (QED) is 0.756. The van der Waals surface area contributed by atoms with Crippen molar-refractivity contribution < 1.29 is 14.4 Å². The zero-order chi connectivity index (χ0) is 21.2. The van der Waals surface area contributed by atoms with E-state index in [1.54, 1.807) is 0 Å². The van der Waals surface area contributed by atoms with Gasteiger partial charge < -0.3 is 5.32 Å². The van der Waals surface area contributed by atoms with Gasteiger partial charge in [-0.05, 0) is 30.9 Å². The molecule has 6 rings (SSSR count). The molecule has 3 aliphatic heterocycles. The Morgan fingerprint density at radius 3 is 2.39 bits per heavy atom. The van der Waals surface area contributed by atoms with E-state index in [1.165, 1.54) is 4.90 Å². The van der Waals surface area contributed by atoms with Crippen LogP contribution in [-0.2, 0) is 26.3 Å². The Bertz CT molecular complexity index is 1080. The van der Waals surface area contributed by atoms with E-state index >= 15 is 0 Å². The number of para-hydroxylation sites is 1. The van der Waals surface area contributed by atoms with Crippen LogP contribution in [0.1, 0.15) is 36.8 Å². The van der Waals surface area contributed by atoms with E-state index < -0.39 is 17.4 Å². The Hall–Kier alpha value is -2.99. The van der Waals surface area contributed by atoms with E-state index in [-0.39, 0.29) is 29.8 Å². The van der Waals surface area contributed by atoms with Crippen LogP contribution >= 0.6 is 0 Å². The zero-order valence-electron chi connectivity index (χ0n) is 17.2. The summed E-state index contributed by atoms with van der Waals surface area (Å²) in [6, 6.07) is 17.2. The maximum absolute atomic E-state index is 13.8. The Labute approximate surface area is 181 Å². The average Bonchev–Trinajstić information content (AvgIpc) is 3.52. The highest BCUT2D eigenvalue weighted by Gasteiger charge is 2.70. The minimum atomic E-state index is -1.19. The molecule has 2 aromatic carbocycles. The van der Waals surface area contributed by atoms with Gasteiger partial charge in [0.05, 0.1) is 11.8 Å². The number of likely N-dealkylation sites (tertiary alicyclic amines) is 1. The summed E-state index contributed by atoms with van der Waals surface area (Å²) in [4.78, 5) is 42.4. The molecule has 2 N–H and O–H groups in total. The molecule has 1 aliphatic carbocycles. The first kappa shape index (κ1) is 18.8. The molecule has 1 spiro atoms. The zero-order valence-corrected chi connectivity index (χ0v) is 17.2. The summed E-state index contributed by atoms with van der Waals surface area (Å²) in [5.41, 5.74) is 1.39. The number of carbonyl (C=O) groups excluding carboxylic acids is 3. The van der Waals surface area contributed by atoms with Crippen molar-refractivity contribution in [2.24, 2.45) is 11.8 Å². The summed E-state index contributed by atoms with van der Waals surface area (Å²) in [5, 5.41) is 6.48. The topological polar surface area (TPSA) is 78.5 Å². The molecule has 4 atom stereocenters. The van der Waals surface area contributed by atoms with Crippen LogP contribution in [0.15, 0.2) is 54.6 Å². The summed E-state index contributed by atoms with van der Waals surface area (Å²) in [6.07, 6.45) is 4.40. The number of hydrogen-bond donors (Lipinski definition) is 2. The highest BCUT2D eigenvalue weighted by atomic mass is 16.2. The van der Waals surface area contributed by atoms with Crippen molar-refractivity contribution >= 4 is 23.4 Å². The number of nitrogens with one attached hydrogen (secondary N) is 2. The Morgan fingerprint density at radius 1 is 0.903 bits per heavy atom. The predicted molar refractivity (Wildman–Crippen MR) is 115 cm³/mol. The van der Waals surface area contributed by atoms with Crippen LogP contribution in [0.25, 0.3) is 0 Å².